The Bertz CT molecular complexity index is 1360. The van der Waals surface area contributed by atoms with Gasteiger partial charge in [-0.25, -0.2) is 14.8 Å². The van der Waals surface area contributed by atoms with E-state index in [4.69, 9.17) is 16.6 Å². The molecule has 0 spiro atoms. The molecule has 1 aliphatic heterocycles. The van der Waals surface area contributed by atoms with Gasteiger partial charge in [0.2, 0.25) is 5.95 Å². The van der Waals surface area contributed by atoms with Crippen molar-refractivity contribution in [1.82, 2.24) is 14.5 Å². The Morgan fingerprint density at radius 3 is 2.62 bits per heavy atom. The second-order valence-corrected chi connectivity index (χ2v) is 9.69. The van der Waals surface area contributed by atoms with E-state index >= 15 is 0 Å². The van der Waals surface area contributed by atoms with Crippen molar-refractivity contribution in [1.29, 1.82) is 0 Å². The van der Waals surface area contributed by atoms with Crippen LogP contribution in [-0.4, -0.2) is 50.4 Å². The molecule has 5 rings (SSSR count). The highest BCUT2D eigenvalue weighted by molar-refractivity contribution is 6.29. The lowest BCUT2D eigenvalue weighted by Crippen LogP contribution is -2.33. The topological polar surface area (TPSA) is 121 Å². The Hall–Kier alpha value is -3.17. The van der Waals surface area contributed by atoms with Crippen LogP contribution in [-0.2, 0) is 7.05 Å². The molecule has 0 bridgehead atoms. The molecule has 4 atom stereocenters. The number of aryl methyl sites for hydroxylation is 1. The molecule has 0 radical (unpaired) electrons. The summed E-state index contributed by atoms with van der Waals surface area (Å²) >= 11 is 5.89. The zero-order valence-corrected chi connectivity index (χ0v) is 19.9. The molecular weight excluding hydrogens is 458 g/mol. The standard InChI is InChI=1S/C24H26ClN5O4/c1-11-6-13(12(2)26-18-4-5-19(25)27-21(18)23(33)34)20-14(7-11)22(32)29(3)24(28-20)30-8-15-16(9-30)17(15)10-31/h4-7,12,15-17,26,31H,8-10H2,1-3H3,(H,33,34)/t12-,15-,16+,17?/m1/s1. The Balaban J connectivity index is 1.56. The third kappa shape index (κ3) is 3.69. The van der Waals surface area contributed by atoms with Gasteiger partial charge in [0.1, 0.15) is 5.15 Å². The summed E-state index contributed by atoms with van der Waals surface area (Å²) < 4.78 is 1.59. The number of nitrogens with zero attached hydrogens (tertiary/aromatic N) is 4. The van der Waals surface area contributed by atoms with Crippen molar-refractivity contribution in [2.45, 2.75) is 19.9 Å². The summed E-state index contributed by atoms with van der Waals surface area (Å²) in [6.45, 7) is 5.56. The van der Waals surface area contributed by atoms with E-state index in [1.165, 1.54) is 6.07 Å². The number of hydrogen-bond donors (Lipinski definition) is 3. The van der Waals surface area contributed by atoms with Crippen LogP contribution in [0.1, 0.15) is 34.6 Å². The van der Waals surface area contributed by atoms with Gasteiger partial charge >= 0.3 is 5.97 Å². The van der Waals surface area contributed by atoms with E-state index in [0.717, 1.165) is 24.2 Å². The van der Waals surface area contributed by atoms with Gasteiger partial charge < -0.3 is 20.4 Å². The van der Waals surface area contributed by atoms with E-state index < -0.39 is 5.97 Å². The van der Waals surface area contributed by atoms with Crippen molar-refractivity contribution < 1.29 is 15.0 Å². The van der Waals surface area contributed by atoms with Gasteiger partial charge in [0.05, 0.1) is 22.6 Å². The maximum absolute atomic E-state index is 13.3. The van der Waals surface area contributed by atoms with Crippen LogP contribution in [0, 0.1) is 24.7 Å². The molecule has 2 aromatic heterocycles. The number of aliphatic hydroxyl groups is 1. The maximum atomic E-state index is 13.3. The smallest absolute Gasteiger partial charge is 0.356 e. The largest absolute Gasteiger partial charge is 0.476 e. The summed E-state index contributed by atoms with van der Waals surface area (Å²) in [4.78, 5) is 36.0. The summed E-state index contributed by atoms with van der Waals surface area (Å²) in [5.74, 6) is 0.671. The highest BCUT2D eigenvalue weighted by Gasteiger charge is 2.55. The molecule has 34 heavy (non-hydrogen) atoms. The number of fused-ring (bicyclic) bond motifs is 2. The Morgan fingerprint density at radius 1 is 1.26 bits per heavy atom. The summed E-state index contributed by atoms with van der Waals surface area (Å²) in [7, 11) is 1.74. The Kier molecular flexibility index (Phi) is 5.49. The molecule has 3 aromatic rings. The van der Waals surface area contributed by atoms with E-state index in [0.29, 0.717) is 40.3 Å². The van der Waals surface area contributed by atoms with Crippen molar-refractivity contribution in [3.8, 4) is 0 Å². The fourth-order valence-corrected chi connectivity index (χ4v) is 5.41. The Morgan fingerprint density at radius 2 is 1.97 bits per heavy atom. The average Bonchev–Trinajstić information content (AvgIpc) is 3.27. The number of carboxylic acids is 1. The zero-order chi connectivity index (χ0) is 24.3. The molecular formula is C24H26ClN5O4. The molecule has 3 heterocycles. The van der Waals surface area contributed by atoms with Gasteiger partial charge in [-0.3, -0.25) is 9.36 Å². The molecule has 1 saturated heterocycles. The number of aromatic nitrogens is 3. The third-order valence-corrected chi connectivity index (χ3v) is 7.31. The highest BCUT2D eigenvalue weighted by atomic mass is 35.5. The van der Waals surface area contributed by atoms with E-state index in [1.54, 1.807) is 17.7 Å². The minimum Gasteiger partial charge on any atom is -0.476 e. The van der Waals surface area contributed by atoms with Gasteiger partial charge in [-0.15, -0.1) is 0 Å². The number of rotatable bonds is 6. The summed E-state index contributed by atoms with van der Waals surface area (Å²) in [5, 5.41) is 22.8. The molecule has 1 unspecified atom stereocenters. The van der Waals surface area contributed by atoms with E-state index in [1.807, 2.05) is 26.0 Å². The van der Waals surface area contributed by atoms with Crippen LogP contribution in [0.15, 0.2) is 29.1 Å². The van der Waals surface area contributed by atoms with E-state index in [-0.39, 0.29) is 29.1 Å². The summed E-state index contributed by atoms with van der Waals surface area (Å²) in [6, 6.07) is 6.55. The average molecular weight is 484 g/mol. The van der Waals surface area contributed by atoms with Crippen LogP contribution >= 0.6 is 11.6 Å². The van der Waals surface area contributed by atoms with Crippen LogP contribution in [0.5, 0.6) is 0 Å². The Labute approximate surface area is 201 Å². The second-order valence-electron chi connectivity index (χ2n) is 9.31. The number of carbonyl (C=O) groups is 1. The number of benzene rings is 1. The molecule has 1 aromatic carbocycles. The van der Waals surface area contributed by atoms with E-state index in [9.17, 15) is 19.8 Å². The number of hydrogen-bond acceptors (Lipinski definition) is 7. The van der Waals surface area contributed by atoms with Crippen molar-refractivity contribution in [2.24, 2.45) is 24.8 Å². The third-order valence-electron chi connectivity index (χ3n) is 7.10. The number of pyridine rings is 1. The lowest BCUT2D eigenvalue weighted by atomic mass is 10.0. The lowest BCUT2D eigenvalue weighted by molar-refractivity contribution is 0.0691. The first-order chi connectivity index (χ1) is 16.2. The van der Waals surface area contributed by atoms with Crippen LogP contribution < -0.4 is 15.8 Å². The first-order valence-corrected chi connectivity index (χ1v) is 11.6. The van der Waals surface area contributed by atoms with Crippen molar-refractivity contribution in [3.63, 3.8) is 0 Å². The number of carboxylic acid groups (broad SMARTS) is 1. The monoisotopic (exact) mass is 483 g/mol. The van der Waals surface area contributed by atoms with Gasteiger partial charge in [0, 0.05) is 32.3 Å². The number of halogens is 1. The number of anilines is 2. The maximum Gasteiger partial charge on any atom is 0.356 e. The van der Waals surface area contributed by atoms with Crippen molar-refractivity contribution >= 4 is 40.1 Å². The van der Waals surface area contributed by atoms with Crippen LogP contribution in [0.4, 0.5) is 11.6 Å². The second kappa shape index (κ2) is 8.25. The number of aromatic carboxylic acids is 1. The molecule has 9 nitrogen and oxygen atoms in total. The summed E-state index contributed by atoms with van der Waals surface area (Å²) in [6.07, 6.45) is 0. The molecule has 2 fully saturated rings. The van der Waals surface area contributed by atoms with Gasteiger partial charge in [0.25, 0.3) is 5.56 Å². The minimum absolute atomic E-state index is 0.0958. The summed E-state index contributed by atoms with van der Waals surface area (Å²) in [5.41, 5.74) is 2.31. The van der Waals surface area contributed by atoms with Gasteiger partial charge in [-0.1, -0.05) is 17.7 Å². The van der Waals surface area contributed by atoms with Gasteiger partial charge in [0.15, 0.2) is 5.69 Å². The molecule has 1 saturated carbocycles. The van der Waals surface area contributed by atoms with Crippen LogP contribution in [0.25, 0.3) is 10.9 Å². The fraction of sp³-hybridized carbons (Fsp3) is 0.417. The molecule has 10 heteroatoms. The van der Waals surface area contributed by atoms with Gasteiger partial charge in [-0.2, -0.15) is 0 Å². The van der Waals surface area contributed by atoms with Gasteiger partial charge in [-0.05, 0) is 55.4 Å². The number of piperidine rings is 1. The predicted molar refractivity (Wildman–Crippen MR) is 130 cm³/mol. The van der Waals surface area contributed by atoms with E-state index in [2.05, 4.69) is 15.2 Å². The lowest BCUT2D eigenvalue weighted by Gasteiger charge is -2.24. The number of aliphatic hydroxyl groups excluding tert-OH is 1. The van der Waals surface area contributed by atoms with Crippen LogP contribution in [0.2, 0.25) is 5.15 Å². The molecule has 178 valence electrons. The first-order valence-electron chi connectivity index (χ1n) is 11.2. The first kappa shape index (κ1) is 22.6. The quantitative estimate of drug-likeness (QED) is 0.458. The predicted octanol–water partition coefficient (Wildman–Crippen LogP) is 2.84. The SMILES string of the molecule is Cc1cc([C@@H](C)Nc2ccc(Cl)nc2C(=O)O)c2nc(N3C[C@@H]4C(CO)[C@@H]4C3)n(C)c(=O)c2c1. The van der Waals surface area contributed by atoms with Crippen molar-refractivity contribution in [3.05, 3.63) is 56.6 Å². The molecule has 2 aliphatic rings. The molecule has 0 amide bonds. The normalized spacial score (nSPS) is 22.0. The minimum atomic E-state index is -1.19. The zero-order valence-electron chi connectivity index (χ0n) is 19.1. The van der Waals surface area contributed by atoms with Crippen LogP contribution in [0.3, 0.4) is 0 Å². The fourth-order valence-electron chi connectivity index (χ4n) is 5.26. The molecule has 1 aliphatic carbocycles. The highest BCUT2D eigenvalue weighted by Crippen LogP contribution is 2.51. The van der Waals surface area contributed by atoms with Crippen molar-refractivity contribution in [2.75, 3.05) is 29.9 Å². The number of nitrogens with one attached hydrogen (secondary N) is 1. The molecule has 3 N–H and O–H groups in total.